The molecule has 1 aromatic heterocycles. The van der Waals surface area contributed by atoms with Crippen molar-refractivity contribution >= 4 is 28.7 Å². The molecule has 0 spiro atoms. The molecule has 0 saturated carbocycles. The number of pyridine rings is 1. The fourth-order valence-electron chi connectivity index (χ4n) is 10.1. The van der Waals surface area contributed by atoms with Crippen LogP contribution in [-0.2, 0) is 42.7 Å². The Morgan fingerprint density at radius 2 is 1.61 bits per heavy atom. The normalized spacial score (nSPS) is 42.2. The topological polar surface area (TPSA) is 196 Å². The molecular formula is C49H76N2O13. The summed E-state index contributed by atoms with van der Waals surface area (Å²) in [6.07, 6.45) is -3.84. The molecule has 1 aromatic carbocycles. The lowest BCUT2D eigenvalue weighted by molar-refractivity contribution is -0.320. The van der Waals surface area contributed by atoms with Gasteiger partial charge in [0.25, 0.3) is 0 Å². The number of carbonyl (C=O) groups is 2. The molecule has 2 aromatic rings. The van der Waals surface area contributed by atoms with Gasteiger partial charge in [-0.05, 0) is 92.6 Å². The Morgan fingerprint density at radius 3 is 2.27 bits per heavy atom. The summed E-state index contributed by atoms with van der Waals surface area (Å²) in [5, 5.41) is 47.6. The minimum Gasteiger partial charge on any atom is -0.459 e. The molecule has 0 amide bonds. The van der Waals surface area contributed by atoms with E-state index in [1.807, 2.05) is 82.3 Å². The summed E-state index contributed by atoms with van der Waals surface area (Å²) in [5.41, 5.74) is -2.74. The van der Waals surface area contributed by atoms with Crippen LogP contribution in [0.25, 0.3) is 17.0 Å². The number of nitrogens with zero attached hydrogens (tertiary/aromatic N) is 2. The third-order valence-electron chi connectivity index (χ3n) is 14.2. The van der Waals surface area contributed by atoms with Gasteiger partial charge in [0.2, 0.25) is 0 Å². The molecule has 64 heavy (non-hydrogen) atoms. The number of carbonyl (C=O) groups excluding carboxylic acids is 2. The van der Waals surface area contributed by atoms with E-state index in [0.717, 1.165) is 16.5 Å². The molecule has 0 radical (unpaired) electrons. The molecular weight excluding hydrogens is 825 g/mol. The molecule has 0 aliphatic carbocycles. The van der Waals surface area contributed by atoms with Gasteiger partial charge in [-0.25, -0.2) is 0 Å². The monoisotopic (exact) mass is 901 g/mol. The van der Waals surface area contributed by atoms with Crippen molar-refractivity contribution in [2.24, 2.45) is 23.7 Å². The number of aromatic nitrogens is 1. The van der Waals surface area contributed by atoms with Gasteiger partial charge in [-0.3, -0.25) is 14.6 Å². The first-order valence-corrected chi connectivity index (χ1v) is 23.0. The maximum absolute atomic E-state index is 14.5. The van der Waals surface area contributed by atoms with E-state index in [1.54, 1.807) is 47.7 Å². The van der Waals surface area contributed by atoms with Gasteiger partial charge in [0.1, 0.15) is 29.7 Å². The van der Waals surface area contributed by atoms with Gasteiger partial charge < -0.3 is 58.5 Å². The zero-order valence-electron chi connectivity index (χ0n) is 40.2. The number of para-hydroxylation sites is 1. The van der Waals surface area contributed by atoms with Gasteiger partial charge in [-0.1, -0.05) is 58.0 Å². The standard InChI is InChI=1S/C49H76N2O13/c1-14-37-49(10,57)42(54)29(4)39(52)27(2)24-48(9,59-21-17-18-33-23-34-19-15-16-20-35(34)50-26-33)44(64-46-40(53)36(51(11)12)22-28(3)60-46)30(5)41(31(6)45(56)62-37)63-38-25-47(8,58-13)43(55)32(7)61-38/h15-20,23,26-32,36-38,40-44,46,53-55,57H,14,21-22,24-25H2,1-13H3/b18-17+/t27-,28-,29-,30+,31-,32+,36+,37+,38+,40-,41+,42-,43+,44-,46+,47-,48+,49-/m1/s1. The third-order valence-corrected chi connectivity index (χ3v) is 14.2. The van der Waals surface area contributed by atoms with Crippen molar-refractivity contribution in [3.05, 3.63) is 48.2 Å². The second-order valence-corrected chi connectivity index (χ2v) is 19.6. The first-order valence-electron chi connectivity index (χ1n) is 23.0. The van der Waals surface area contributed by atoms with Crippen LogP contribution in [0.4, 0.5) is 0 Å². The zero-order chi connectivity index (χ0) is 47.5. The van der Waals surface area contributed by atoms with Crippen molar-refractivity contribution in [3.8, 4) is 0 Å². The smallest absolute Gasteiger partial charge is 0.311 e. The van der Waals surface area contributed by atoms with E-state index >= 15 is 0 Å². The lowest BCUT2D eigenvalue weighted by Gasteiger charge is -2.50. The van der Waals surface area contributed by atoms with Crippen LogP contribution in [0.2, 0.25) is 0 Å². The quantitative estimate of drug-likeness (QED) is 0.218. The second-order valence-electron chi connectivity index (χ2n) is 19.6. The lowest BCUT2D eigenvalue weighted by atomic mass is 9.73. The van der Waals surface area contributed by atoms with Crippen molar-refractivity contribution in [2.75, 3.05) is 27.8 Å². The fourth-order valence-corrected chi connectivity index (χ4v) is 10.1. The van der Waals surface area contributed by atoms with Crippen LogP contribution in [0, 0.1) is 23.7 Å². The molecule has 0 unspecified atom stereocenters. The van der Waals surface area contributed by atoms with Crippen molar-refractivity contribution in [1.82, 2.24) is 9.88 Å². The fraction of sp³-hybridized carbons (Fsp3) is 0.735. The highest BCUT2D eigenvalue weighted by Crippen LogP contribution is 2.42. The number of ketones is 1. The minimum absolute atomic E-state index is 0.0448. The second kappa shape index (κ2) is 21.4. The van der Waals surface area contributed by atoms with Gasteiger partial charge in [0.15, 0.2) is 12.6 Å². The van der Waals surface area contributed by atoms with Gasteiger partial charge in [0, 0.05) is 48.9 Å². The van der Waals surface area contributed by atoms with E-state index in [9.17, 15) is 30.0 Å². The predicted molar refractivity (Wildman–Crippen MR) is 241 cm³/mol. The molecule has 15 nitrogen and oxygen atoms in total. The van der Waals surface area contributed by atoms with E-state index in [-0.39, 0.29) is 43.8 Å². The summed E-state index contributed by atoms with van der Waals surface area (Å²) in [7, 11) is 5.27. The summed E-state index contributed by atoms with van der Waals surface area (Å²) in [6, 6.07) is 9.52. The summed E-state index contributed by atoms with van der Waals surface area (Å²) in [4.78, 5) is 35.5. The largest absolute Gasteiger partial charge is 0.459 e. The van der Waals surface area contributed by atoms with Crippen LogP contribution in [0.3, 0.4) is 0 Å². The molecule has 360 valence electrons. The zero-order valence-corrected chi connectivity index (χ0v) is 40.2. The van der Waals surface area contributed by atoms with Gasteiger partial charge in [-0.2, -0.15) is 0 Å². The summed E-state index contributed by atoms with van der Waals surface area (Å²) < 4.78 is 45.4. The first-order chi connectivity index (χ1) is 30.0. The van der Waals surface area contributed by atoms with Crippen LogP contribution < -0.4 is 0 Å². The maximum atomic E-state index is 14.5. The Balaban J connectivity index is 1.65. The van der Waals surface area contributed by atoms with E-state index < -0.39 is 102 Å². The molecule has 0 bridgehead atoms. The summed E-state index contributed by atoms with van der Waals surface area (Å²) >= 11 is 0. The maximum Gasteiger partial charge on any atom is 0.311 e. The number of esters is 1. The molecule has 3 fully saturated rings. The van der Waals surface area contributed by atoms with Crippen molar-refractivity contribution < 1.29 is 63.2 Å². The molecule has 3 aliphatic rings. The number of ether oxygens (including phenoxy) is 7. The number of aliphatic hydroxyl groups excluding tert-OH is 3. The number of benzene rings is 1. The Labute approximate surface area is 379 Å². The van der Waals surface area contributed by atoms with Crippen molar-refractivity contribution in [3.63, 3.8) is 0 Å². The van der Waals surface area contributed by atoms with Crippen LogP contribution in [0.15, 0.2) is 42.6 Å². The van der Waals surface area contributed by atoms with Gasteiger partial charge >= 0.3 is 5.97 Å². The Kier molecular flexibility index (Phi) is 17.4. The molecule has 4 heterocycles. The van der Waals surface area contributed by atoms with Gasteiger partial charge in [-0.15, -0.1) is 0 Å². The van der Waals surface area contributed by atoms with E-state index in [2.05, 4.69) is 4.98 Å². The highest BCUT2D eigenvalue weighted by molar-refractivity contribution is 5.83. The summed E-state index contributed by atoms with van der Waals surface area (Å²) in [6.45, 7) is 17.2. The number of hydrogen-bond donors (Lipinski definition) is 4. The SMILES string of the molecule is CC[C@@H]1OC(=O)[C@H](C)[C@@H](O[C@H]2C[C@@](C)(OC)[C@@H](O)[C@H](C)O2)[C@H](C)[C@@H](O[C@@H]2O[C@H](C)C[C@H](N(C)C)[C@H]2O)[C@@](C)(OC/C=C/c2cnc3ccccc3c2)C[C@@H](C)C(=O)[C@@H](C)[C@@H](O)[C@]1(C)O. The number of aliphatic hydroxyl groups is 4. The van der Waals surface area contributed by atoms with Gasteiger partial charge in [0.05, 0.1) is 59.8 Å². The van der Waals surface area contributed by atoms with E-state index in [0.29, 0.717) is 6.42 Å². The molecule has 3 saturated heterocycles. The average Bonchev–Trinajstić information content (AvgIpc) is 3.26. The number of fused-ring (bicyclic) bond motifs is 1. The number of likely N-dealkylation sites (N-methyl/N-ethyl adjacent to an activating group) is 1. The average molecular weight is 901 g/mol. The minimum atomic E-state index is -2.01. The number of methoxy groups -OCH3 is 1. The van der Waals surface area contributed by atoms with Crippen molar-refractivity contribution in [1.29, 1.82) is 0 Å². The molecule has 5 rings (SSSR count). The molecule has 15 heteroatoms. The van der Waals surface area contributed by atoms with Crippen LogP contribution in [0.1, 0.15) is 100 Å². The highest BCUT2D eigenvalue weighted by Gasteiger charge is 2.54. The lowest BCUT2D eigenvalue weighted by Crippen LogP contribution is -2.61. The highest BCUT2D eigenvalue weighted by atomic mass is 16.7. The summed E-state index contributed by atoms with van der Waals surface area (Å²) in [5.74, 6) is -4.77. The number of rotatable bonds is 11. The van der Waals surface area contributed by atoms with Crippen LogP contribution >= 0.6 is 0 Å². The Hall–Kier alpha value is -2.93. The van der Waals surface area contributed by atoms with Crippen LogP contribution in [-0.4, -0.2) is 154 Å². The number of Topliss-reactive ketones (excluding diaryl/α,β-unsaturated/α-hetero) is 1. The van der Waals surface area contributed by atoms with Crippen LogP contribution in [0.5, 0.6) is 0 Å². The molecule has 4 N–H and O–H groups in total. The Morgan fingerprint density at radius 1 is 0.922 bits per heavy atom. The third kappa shape index (κ3) is 11.4. The molecule has 3 aliphatic heterocycles. The van der Waals surface area contributed by atoms with E-state index in [1.165, 1.54) is 14.0 Å². The molecule has 18 atom stereocenters. The van der Waals surface area contributed by atoms with Crippen molar-refractivity contribution in [2.45, 2.75) is 179 Å². The number of cyclic esters (lactones) is 1. The number of hydrogen-bond acceptors (Lipinski definition) is 15. The Bertz CT molecular complexity index is 1900. The van der Waals surface area contributed by atoms with E-state index in [4.69, 9.17) is 33.2 Å². The first kappa shape index (κ1) is 52.0. The predicted octanol–water partition coefficient (Wildman–Crippen LogP) is 5.07.